The molecule has 0 bridgehead atoms. The molecule has 1 rings (SSSR count). The molecule has 2 nitrogen and oxygen atoms in total. The molecule has 0 spiro atoms. The first-order chi connectivity index (χ1) is 8.13. The molecule has 4 heteroatoms. The highest BCUT2D eigenvalue weighted by Crippen LogP contribution is 2.16. The van der Waals surface area contributed by atoms with E-state index in [1.165, 1.54) is 6.07 Å². The fourth-order valence-corrected chi connectivity index (χ4v) is 1.92. The van der Waals surface area contributed by atoms with Gasteiger partial charge in [0.2, 0.25) is 0 Å². The zero-order chi connectivity index (χ0) is 12.7. The van der Waals surface area contributed by atoms with Crippen LogP contribution in [-0.4, -0.2) is 31.6 Å². The van der Waals surface area contributed by atoms with E-state index in [0.717, 1.165) is 36.1 Å². The van der Waals surface area contributed by atoms with Crippen LogP contribution in [0.15, 0.2) is 22.7 Å². The summed E-state index contributed by atoms with van der Waals surface area (Å²) in [7, 11) is 2.01. The van der Waals surface area contributed by atoms with Gasteiger partial charge in [-0.1, -0.05) is 28.9 Å². The second kappa shape index (κ2) is 7.80. The molecule has 0 atom stereocenters. The molecule has 1 aromatic rings. The molecule has 0 aromatic heterocycles. The van der Waals surface area contributed by atoms with Crippen LogP contribution in [0.4, 0.5) is 4.39 Å². The van der Waals surface area contributed by atoms with Crippen molar-refractivity contribution in [2.75, 3.05) is 26.7 Å². The molecule has 1 N–H and O–H groups in total. The number of nitrogens with one attached hydrogen (secondary N) is 1. The van der Waals surface area contributed by atoms with Crippen molar-refractivity contribution in [2.45, 2.75) is 19.9 Å². The van der Waals surface area contributed by atoms with Crippen molar-refractivity contribution >= 4 is 15.9 Å². The molecule has 17 heavy (non-hydrogen) atoms. The van der Waals surface area contributed by atoms with Crippen LogP contribution in [-0.2, 0) is 6.54 Å². The zero-order valence-corrected chi connectivity index (χ0v) is 12.1. The molecule has 0 aliphatic rings. The van der Waals surface area contributed by atoms with Gasteiger partial charge >= 0.3 is 0 Å². The molecule has 0 aliphatic carbocycles. The lowest BCUT2D eigenvalue weighted by Crippen LogP contribution is -2.29. The molecule has 0 aliphatic heterocycles. The second-order valence-corrected chi connectivity index (χ2v) is 5.14. The minimum atomic E-state index is -0.146. The smallest absolute Gasteiger partial charge is 0.128 e. The molecule has 0 saturated heterocycles. The van der Waals surface area contributed by atoms with E-state index < -0.39 is 0 Å². The van der Waals surface area contributed by atoms with Crippen LogP contribution in [0.2, 0.25) is 0 Å². The lowest BCUT2D eigenvalue weighted by atomic mass is 10.2. The van der Waals surface area contributed by atoms with Crippen LogP contribution >= 0.6 is 15.9 Å². The molecule has 0 fully saturated rings. The van der Waals surface area contributed by atoms with Crippen molar-refractivity contribution in [1.29, 1.82) is 0 Å². The third-order valence-electron chi connectivity index (χ3n) is 2.55. The van der Waals surface area contributed by atoms with Gasteiger partial charge in [0, 0.05) is 29.7 Å². The Morgan fingerprint density at radius 2 is 2.12 bits per heavy atom. The summed E-state index contributed by atoms with van der Waals surface area (Å²) in [6.07, 6.45) is 1.14. The van der Waals surface area contributed by atoms with Crippen LogP contribution in [0.3, 0.4) is 0 Å². The van der Waals surface area contributed by atoms with E-state index in [9.17, 15) is 4.39 Å². The van der Waals surface area contributed by atoms with Crippen LogP contribution in [0.1, 0.15) is 18.9 Å². The Labute approximate surface area is 111 Å². The standard InChI is InChI=1S/C13H20BrFN2/c1-3-6-16-7-8-17(2)10-11-4-5-12(14)9-13(11)15/h4-5,9,16H,3,6-8,10H2,1-2H3. The molecular weight excluding hydrogens is 283 g/mol. The maximum atomic E-state index is 13.6. The average molecular weight is 303 g/mol. The van der Waals surface area contributed by atoms with Crippen molar-refractivity contribution < 1.29 is 4.39 Å². The summed E-state index contributed by atoms with van der Waals surface area (Å²) in [4.78, 5) is 2.12. The predicted octanol–water partition coefficient (Wildman–Crippen LogP) is 3.02. The predicted molar refractivity (Wildman–Crippen MR) is 73.6 cm³/mol. The minimum absolute atomic E-state index is 0.146. The largest absolute Gasteiger partial charge is 0.315 e. The van der Waals surface area contributed by atoms with Crippen molar-refractivity contribution in [3.8, 4) is 0 Å². The van der Waals surface area contributed by atoms with E-state index in [0.29, 0.717) is 6.54 Å². The van der Waals surface area contributed by atoms with Gasteiger partial charge in [-0.25, -0.2) is 4.39 Å². The highest BCUT2D eigenvalue weighted by molar-refractivity contribution is 9.10. The van der Waals surface area contributed by atoms with Crippen molar-refractivity contribution in [2.24, 2.45) is 0 Å². The van der Waals surface area contributed by atoms with Crippen molar-refractivity contribution in [3.63, 3.8) is 0 Å². The van der Waals surface area contributed by atoms with Gasteiger partial charge in [-0.2, -0.15) is 0 Å². The number of halogens is 2. The van der Waals surface area contributed by atoms with Gasteiger partial charge in [0.15, 0.2) is 0 Å². The third-order valence-corrected chi connectivity index (χ3v) is 3.05. The summed E-state index contributed by atoms with van der Waals surface area (Å²) in [6.45, 7) is 5.71. The van der Waals surface area contributed by atoms with Gasteiger partial charge in [-0.05, 0) is 32.1 Å². The SMILES string of the molecule is CCCNCCN(C)Cc1ccc(Br)cc1F. The first kappa shape index (κ1) is 14.6. The number of hydrogen-bond donors (Lipinski definition) is 1. The zero-order valence-electron chi connectivity index (χ0n) is 10.5. The molecule has 1 aromatic carbocycles. The fourth-order valence-electron chi connectivity index (χ4n) is 1.59. The normalized spacial score (nSPS) is 11.1. The van der Waals surface area contributed by atoms with E-state index in [1.54, 1.807) is 0 Å². The highest BCUT2D eigenvalue weighted by Gasteiger charge is 2.05. The Balaban J connectivity index is 2.37. The fraction of sp³-hybridized carbons (Fsp3) is 0.538. The molecule has 0 unspecified atom stereocenters. The molecule has 0 saturated carbocycles. The van der Waals surface area contributed by atoms with Gasteiger partial charge in [0.1, 0.15) is 5.82 Å². The Morgan fingerprint density at radius 3 is 2.76 bits per heavy atom. The molecule has 0 heterocycles. The number of likely N-dealkylation sites (N-methyl/N-ethyl adjacent to an activating group) is 1. The minimum Gasteiger partial charge on any atom is -0.315 e. The Hall–Kier alpha value is -0.450. The molecule has 0 radical (unpaired) electrons. The van der Waals surface area contributed by atoms with Gasteiger partial charge in [-0.3, -0.25) is 0 Å². The van der Waals surface area contributed by atoms with Crippen molar-refractivity contribution in [1.82, 2.24) is 10.2 Å². The van der Waals surface area contributed by atoms with Gasteiger partial charge in [0.25, 0.3) is 0 Å². The van der Waals surface area contributed by atoms with E-state index in [4.69, 9.17) is 0 Å². The summed E-state index contributed by atoms with van der Waals surface area (Å²) in [5.74, 6) is -0.146. The topological polar surface area (TPSA) is 15.3 Å². The lowest BCUT2D eigenvalue weighted by Gasteiger charge is -2.17. The number of hydrogen-bond acceptors (Lipinski definition) is 2. The Kier molecular flexibility index (Phi) is 6.70. The number of rotatable bonds is 7. The van der Waals surface area contributed by atoms with E-state index >= 15 is 0 Å². The first-order valence-electron chi connectivity index (χ1n) is 5.96. The quantitative estimate of drug-likeness (QED) is 0.779. The summed E-state index contributed by atoms with van der Waals surface area (Å²) >= 11 is 3.26. The Morgan fingerprint density at radius 1 is 1.35 bits per heavy atom. The highest BCUT2D eigenvalue weighted by atomic mass is 79.9. The van der Waals surface area contributed by atoms with Gasteiger partial charge in [-0.15, -0.1) is 0 Å². The molecule has 0 amide bonds. The number of benzene rings is 1. The maximum absolute atomic E-state index is 13.6. The summed E-state index contributed by atoms with van der Waals surface area (Å²) < 4.78 is 14.4. The summed E-state index contributed by atoms with van der Waals surface area (Å²) in [6, 6.07) is 5.22. The third kappa shape index (κ3) is 5.61. The number of nitrogens with zero attached hydrogens (tertiary/aromatic N) is 1. The van der Waals surface area contributed by atoms with E-state index in [-0.39, 0.29) is 5.82 Å². The first-order valence-corrected chi connectivity index (χ1v) is 6.76. The van der Waals surface area contributed by atoms with Crippen LogP contribution < -0.4 is 5.32 Å². The van der Waals surface area contributed by atoms with Crippen LogP contribution in [0.5, 0.6) is 0 Å². The average Bonchev–Trinajstić information content (AvgIpc) is 2.28. The second-order valence-electron chi connectivity index (χ2n) is 4.22. The monoisotopic (exact) mass is 302 g/mol. The summed E-state index contributed by atoms with van der Waals surface area (Å²) in [5.41, 5.74) is 0.742. The summed E-state index contributed by atoms with van der Waals surface area (Å²) in [5, 5.41) is 3.33. The van der Waals surface area contributed by atoms with Crippen molar-refractivity contribution in [3.05, 3.63) is 34.1 Å². The van der Waals surface area contributed by atoms with E-state index in [2.05, 4.69) is 33.1 Å². The van der Waals surface area contributed by atoms with Crippen LogP contribution in [0.25, 0.3) is 0 Å². The lowest BCUT2D eigenvalue weighted by molar-refractivity contribution is 0.319. The van der Waals surface area contributed by atoms with Gasteiger partial charge < -0.3 is 10.2 Å². The van der Waals surface area contributed by atoms with Crippen LogP contribution in [0, 0.1) is 5.82 Å². The molecular formula is C13H20BrFN2. The van der Waals surface area contributed by atoms with E-state index in [1.807, 2.05) is 19.2 Å². The molecule has 96 valence electrons. The maximum Gasteiger partial charge on any atom is 0.128 e. The Bertz CT molecular complexity index is 344. The van der Waals surface area contributed by atoms with Gasteiger partial charge in [0.05, 0.1) is 0 Å².